The molecule has 1 saturated carbocycles. The van der Waals surface area contributed by atoms with Crippen molar-refractivity contribution >= 4 is 18.0 Å². The van der Waals surface area contributed by atoms with Gasteiger partial charge in [-0.1, -0.05) is 18.2 Å². The van der Waals surface area contributed by atoms with E-state index in [9.17, 15) is 18.4 Å². The number of carbonyl (C=O) groups excluding carboxylic acids is 2. The molecule has 2 amide bonds. The number of alkyl halides is 1. The summed E-state index contributed by atoms with van der Waals surface area (Å²) in [5.41, 5.74) is 2.21. The predicted octanol–water partition coefficient (Wildman–Crippen LogP) is 6.20. The molecule has 1 aliphatic heterocycles. The number of nitrogens with one attached hydrogen (secondary N) is 2. The van der Waals surface area contributed by atoms with Gasteiger partial charge >= 0.3 is 0 Å². The maximum Gasteiger partial charge on any atom is 0.255 e. The van der Waals surface area contributed by atoms with Crippen molar-refractivity contribution in [2.45, 2.75) is 37.4 Å². The Kier molecular flexibility index (Phi) is 7.07. The molecule has 2 unspecified atom stereocenters. The van der Waals surface area contributed by atoms with Crippen LogP contribution in [-0.2, 0) is 5.54 Å². The van der Waals surface area contributed by atoms with Crippen molar-refractivity contribution in [1.82, 2.24) is 20.4 Å². The van der Waals surface area contributed by atoms with Crippen LogP contribution in [0.2, 0.25) is 0 Å². The highest BCUT2D eigenvalue weighted by atomic mass is 19.1. The van der Waals surface area contributed by atoms with Crippen LogP contribution in [0.1, 0.15) is 68.0 Å². The molecule has 43 heavy (non-hydrogen) atoms. The number of fused-ring (bicyclic) bond motifs is 1. The fraction of sp³-hybridized carbons (Fsp3) is 0.242. The number of allylic oxidation sites excluding steroid dienone is 1. The van der Waals surface area contributed by atoms with E-state index in [0.29, 0.717) is 40.8 Å². The van der Waals surface area contributed by atoms with Crippen molar-refractivity contribution in [2.24, 2.45) is 0 Å². The van der Waals surface area contributed by atoms with Gasteiger partial charge in [0.1, 0.15) is 23.1 Å². The van der Waals surface area contributed by atoms with Crippen molar-refractivity contribution in [3.63, 3.8) is 0 Å². The number of hydrogen-bond acceptors (Lipinski definition) is 4. The molecule has 2 N–H and O–H groups in total. The Morgan fingerprint density at radius 2 is 1.77 bits per heavy atom. The molecular weight excluding hydrogens is 557 g/mol. The summed E-state index contributed by atoms with van der Waals surface area (Å²) in [4.78, 5) is 26.7. The molecule has 1 aromatic heterocycles. The van der Waals surface area contributed by atoms with Crippen LogP contribution in [0, 0.1) is 18.6 Å². The molecule has 4 aromatic rings. The van der Waals surface area contributed by atoms with E-state index in [1.54, 1.807) is 43.5 Å². The van der Waals surface area contributed by atoms with Gasteiger partial charge in [0.15, 0.2) is 6.17 Å². The lowest BCUT2D eigenvalue weighted by atomic mass is 9.85. The van der Waals surface area contributed by atoms with Crippen molar-refractivity contribution in [2.75, 3.05) is 14.2 Å². The van der Waals surface area contributed by atoms with Gasteiger partial charge < -0.3 is 15.4 Å². The molecule has 1 fully saturated rings. The number of aryl methyl sites for hydroxylation is 1. The maximum atomic E-state index is 16.6. The lowest BCUT2D eigenvalue weighted by Gasteiger charge is -2.26. The molecule has 7 nitrogen and oxygen atoms in total. The largest absolute Gasteiger partial charge is 0.496 e. The minimum atomic E-state index is -1.70. The number of halogens is 3. The third-order valence-electron chi connectivity index (χ3n) is 8.20. The second kappa shape index (κ2) is 10.8. The monoisotopic (exact) mass is 586 g/mol. The van der Waals surface area contributed by atoms with Gasteiger partial charge in [0.2, 0.25) is 0 Å². The Hall–Kier alpha value is -4.86. The Labute approximate surface area is 246 Å². The Morgan fingerprint density at radius 3 is 2.42 bits per heavy atom. The Morgan fingerprint density at radius 1 is 1.02 bits per heavy atom. The normalized spacial score (nSPS) is 18.1. The second-order valence-corrected chi connectivity index (χ2v) is 10.9. The first-order valence-electron chi connectivity index (χ1n) is 13.9. The highest BCUT2D eigenvalue weighted by molar-refractivity contribution is 6.01. The van der Waals surface area contributed by atoms with Gasteiger partial charge in [-0.25, -0.2) is 17.9 Å². The quantitative estimate of drug-likeness (QED) is 0.270. The van der Waals surface area contributed by atoms with E-state index in [2.05, 4.69) is 15.7 Å². The summed E-state index contributed by atoms with van der Waals surface area (Å²) in [5, 5.41) is 10.1. The summed E-state index contributed by atoms with van der Waals surface area (Å²) in [6.45, 7) is 1.80. The van der Waals surface area contributed by atoms with Crippen LogP contribution in [0.15, 0.2) is 66.7 Å². The van der Waals surface area contributed by atoms with Gasteiger partial charge in [-0.15, -0.1) is 0 Å². The molecule has 220 valence electrons. The fourth-order valence-corrected chi connectivity index (χ4v) is 5.77. The van der Waals surface area contributed by atoms with E-state index in [-0.39, 0.29) is 28.3 Å². The molecule has 2 atom stereocenters. The van der Waals surface area contributed by atoms with E-state index in [0.717, 1.165) is 0 Å². The number of benzene rings is 3. The molecule has 0 radical (unpaired) electrons. The van der Waals surface area contributed by atoms with Crippen molar-refractivity contribution < 1.29 is 27.5 Å². The van der Waals surface area contributed by atoms with Crippen molar-refractivity contribution in [3.8, 4) is 17.0 Å². The van der Waals surface area contributed by atoms with Crippen molar-refractivity contribution in [3.05, 3.63) is 112 Å². The van der Waals surface area contributed by atoms with Crippen LogP contribution in [0.4, 0.5) is 13.2 Å². The molecule has 6 rings (SSSR count). The highest BCUT2D eigenvalue weighted by Gasteiger charge is 2.46. The van der Waals surface area contributed by atoms with E-state index in [1.165, 1.54) is 55.2 Å². The summed E-state index contributed by atoms with van der Waals surface area (Å²) in [7, 11) is 2.90. The number of methoxy groups -OCH3 is 1. The molecule has 0 bridgehead atoms. The van der Waals surface area contributed by atoms with Crippen LogP contribution in [-0.4, -0.2) is 35.8 Å². The first-order valence-corrected chi connectivity index (χ1v) is 13.9. The van der Waals surface area contributed by atoms with E-state index < -0.39 is 35.3 Å². The molecule has 0 saturated heterocycles. The van der Waals surface area contributed by atoms with Gasteiger partial charge in [0.25, 0.3) is 11.8 Å². The maximum absolute atomic E-state index is 16.6. The molecule has 2 heterocycles. The number of rotatable bonds is 7. The average Bonchev–Trinajstić information content (AvgIpc) is 3.68. The van der Waals surface area contributed by atoms with Crippen LogP contribution >= 0.6 is 0 Å². The highest BCUT2D eigenvalue weighted by Crippen LogP contribution is 2.47. The minimum Gasteiger partial charge on any atom is -0.496 e. The van der Waals surface area contributed by atoms with Gasteiger partial charge in [-0.2, -0.15) is 5.10 Å². The number of ether oxygens (including phenoxy) is 1. The zero-order chi connectivity index (χ0) is 30.5. The predicted molar refractivity (Wildman–Crippen MR) is 155 cm³/mol. The van der Waals surface area contributed by atoms with Gasteiger partial charge in [0.05, 0.1) is 29.5 Å². The summed E-state index contributed by atoms with van der Waals surface area (Å²) >= 11 is 0. The van der Waals surface area contributed by atoms with Crippen LogP contribution in [0.3, 0.4) is 0 Å². The van der Waals surface area contributed by atoms with E-state index >= 15 is 4.39 Å². The number of hydrogen-bond donors (Lipinski definition) is 2. The first kappa shape index (κ1) is 28.3. The molecule has 1 aliphatic carbocycles. The lowest BCUT2D eigenvalue weighted by Crippen LogP contribution is -2.35. The standard InChI is InChI=1S/C33H29F3N4O3/c1-18-15-26(43-3)25(31(41)38-33(12-13-33)20-5-4-6-22(35)16-20)17-24(18)23-11-14-40-30(28(23)36)27(32(42)37-2)29(39-40)19-7-9-21(34)10-8-19/h4-11,14-17,23,28H,12-13H2,1-3H3,(H,37,42)(H,38,41). The van der Waals surface area contributed by atoms with Gasteiger partial charge in [0, 0.05) is 24.7 Å². The zero-order valence-electron chi connectivity index (χ0n) is 23.8. The lowest BCUT2D eigenvalue weighted by molar-refractivity contribution is 0.0925. The van der Waals surface area contributed by atoms with Gasteiger partial charge in [-0.05, 0) is 85.0 Å². The number of nitrogens with zero attached hydrogens (tertiary/aromatic N) is 2. The topological polar surface area (TPSA) is 85.2 Å². The smallest absolute Gasteiger partial charge is 0.255 e. The zero-order valence-corrected chi connectivity index (χ0v) is 23.8. The van der Waals surface area contributed by atoms with E-state index in [1.807, 2.05) is 0 Å². The summed E-state index contributed by atoms with van der Waals surface area (Å²) in [5.74, 6) is -2.33. The summed E-state index contributed by atoms with van der Waals surface area (Å²) in [6.07, 6.45) is 2.83. The second-order valence-electron chi connectivity index (χ2n) is 10.9. The molecule has 2 aliphatic rings. The summed E-state index contributed by atoms with van der Waals surface area (Å²) in [6, 6.07) is 14.9. The summed E-state index contributed by atoms with van der Waals surface area (Å²) < 4.78 is 51.0. The third kappa shape index (κ3) is 4.96. The third-order valence-corrected chi connectivity index (χ3v) is 8.20. The Balaban J connectivity index is 1.38. The Bertz CT molecular complexity index is 1780. The molecule has 10 heteroatoms. The number of aromatic nitrogens is 2. The van der Waals surface area contributed by atoms with Crippen LogP contribution < -0.4 is 15.4 Å². The minimum absolute atomic E-state index is 0.0471. The average molecular weight is 587 g/mol. The molecular formula is C33H29F3N4O3. The number of amides is 2. The van der Waals surface area contributed by atoms with Crippen molar-refractivity contribution in [1.29, 1.82) is 0 Å². The number of carbonyl (C=O) groups is 2. The SMILES string of the molecule is CNC(=O)c1c(-c2ccc(F)cc2)nn2c1C(F)C(c1cc(C(=O)NC3(c4cccc(F)c4)CC3)c(OC)cc1C)C=C2. The first-order chi connectivity index (χ1) is 20.7. The molecule has 3 aromatic carbocycles. The van der Waals surface area contributed by atoms with E-state index in [4.69, 9.17) is 4.74 Å². The van der Waals surface area contributed by atoms with Crippen LogP contribution in [0.25, 0.3) is 17.5 Å². The van der Waals surface area contributed by atoms with Crippen LogP contribution in [0.5, 0.6) is 5.75 Å². The molecule has 0 spiro atoms. The van der Waals surface area contributed by atoms with Gasteiger partial charge in [-0.3, -0.25) is 9.59 Å². The fourth-order valence-electron chi connectivity index (χ4n) is 5.77.